The molecule has 1 N–H and O–H groups in total. The highest BCUT2D eigenvalue weighted by atomic mass is 16.6. The number of ether oxygens (including phenoxy) is 3. The molecule has 1 amide bonds. The number of rotatable bonds is 8. The van der Waals surface area contributed by atoms with Crippen molar-refractivity contribution in [2.75, 3.05) is 0 Å². The van der Waals surface area contributed by atoms with Gasteiger partial charge in [-0.05, 0) is 62.2 Å². The maximum atomic E-state index is 11.9. The van der Waals surface area contributed by atoms with Gasteiger partial charge in [0.15, 0.2) is 5.82 Å². The Kier molecular flexibility index (Phi) is 7.47. The third-order valence-corrected chi connectivity index (χ3v) is 6.88. The van der Waals surface area contributed by atoms with Crippen molar-refractivity contribution in [1.82, 2.24) is 25.3 Å². The van der Waals surface area contributed by atoms with Gasteiger partial charge in [-0.15, -0.1) is 5.10 Å². The molecule has 0 saturated heterocycles. The van der Waals surface area contributed by atoms with E-state index in [0.29, 0.717) is 11.6 Å². The van der Waals surface area contributed by atoms with Gasteiger partial charge in [0.05, 0.1) is 12.4 Å². The SMILES string of the molecule is CC(C)(C)OC(=O)N[C@H]1C[C@H](Oc2ccc(C(C)(C)c3ccc(Oc4ccnc(-n5ccnn5)c4)cc3)cc2)C1. The number of pyridine rings is 1. The van der Waals surface area contributed by atoms with Crippen LogP contribution in [-0.2, 0) is 10.2 Å². The molecule has 9 nitrogen and oxygen atoms in total. The van der Waals surface area contributed by atoms with Gasteiger partial charge in [0.1, 0.15) is 29.0 Å². The molecule has 4 aromatic rings. The summed E-state index contributed by atoms with van der Waals surface area (Å²) in [5.74, 6) is 2.86. The molecule has 0 spiro atoms. The van der Waals surface area contributed by atoms with E-state index in [-0.39, 0.29) is 23.7 Å². The quantitative estimate of drug-likeness (QED) is 0.283. The molecule has 0 unspecified atom stereocenters. The standard InChI is InChI=1S/C31H35N5O4/c1-30(2,3)40-29(37)34-23-18-27(19-23)39-25-12-8-22(9-13-25)31(4,5)21-6-10-24(11-7-21)38-26-14-15-32-28(20-26)36-17-16-33-35-36/h6-17,20,23,27H,18-19H2,1-5H3,(H,34,37)/t23-,27-. The number of aromatic nitrogens is 4. The van der Waals surface area contributed by atoms with Crippen molar-refractivity contribution in [3.8, 4) is 23.1 Å². The predicted molar refractivity (Wildman–Crippen MR) is 151 cm³/mol. The molecule has 9 heteroatoms. The van der Waals surface area contributed by atoms with Crippen LogP contribution in [0.5, 0.6) is 17.2 Å². The van der Waals surface area contributed by atoms with Gasteiger partial charge in [0, 0.05) is 36.6 Å². The van der Waals surface area contributed by atoms with Crippen molar-refractivity contribution in [3.63, 3.8) is 0 Å². The van der Waals surface area contributed by atoms with Crippen LogP contribution in [-0.4, -0.2) is 43.8 Å². The number of alkyl carbamates (subject to hydrolysis) is 1. The van der Waals surface area contributed by atoms with Crippen LogP contribution in [0, 0.1) is 0 Å². The van der Waals surface area contributed by atoms with Crippen molar-refractivity contribution in [2.45, 2.75) is 70.6 Å². The normalized spacial score (nSPS) is 17.0. The van der Waals surface area contributed by atoms with Crippen molar-refractivity contribution in [2.24, 2.45) is 0 Å². The van der Waals surface area contributed by atoms with Gasteiger partial charge in [-0.1, -0.05) is 43.3 Å². The van der Waals surface area contributed by atoms with E-state index < -0.39 is 5.60 Å². The van der Waals surface area contributed by atoms with Gasteiger partial charge in [0.25, 0.3) is 0 Å². The molecule has 2 aromatic heterocycles. The van der Waals surface area contributed by atoms with Crippen LogP contribution in [0.15, 0.2) is 79.3 Å². The van der Waals surface area contributed by atoms with Gasteiger partial charge < -0.3 is 19.5 Å². The minimum Gasteiger partial charge on any atom is -0.490 e. The lowest BCUT2D eigenvalue weighted by Crippen LogP contribution is -2.50. The highest BCUT2D eigenvalue weighted by molar-refractivity contribution is 5.68. The first-order valence-corrected chi connectivity index (χ1v) is 13.4. The van der Waals surface area contributed by atoms with E-state index in [4.69, 9.17) is 14.2 Å². The first kappa shape index (κ1) is 27.2. The van der Waals surface area contributed by atoms with E-state index in [9.17, 15) is 4.79 Å². The number of nitrogens with zero attached hydrogens (tertiary/aromatic N) is 4. The van der Waals surface area contributed by atoms with Gasteiger partial charge in [-0.2, -0.15) is 0 Å². The third-order valence-electron chi connectivity index (χ3n) is 6.88. The minimum absolute atomic E-state index is 0.0824. The lowest BCUT2D eigenvalue weighted by atomic mass is 9.78. The third kappa shape index (κ3) is 6.59. The topological polar surface area (TPSA) is 100 Å². The Bertz CT molecular complexity index is 1420. The molecule has 40 heavy (non-hydrogen) atoms. The minimum atomic E-state index is -0.501. The highest BCUT2D eigenvalue weighted by Gasteiger charge is 2.33. The fourth-order valence-electron chi connectivity index (χ4n) is 4.56. The van der Waals surface area contributed by atoms with Crippen LogP contribution in [0.25, 0.3) is 5.82 Å². The fraction of sp³-hybridized carbons (Fsp3) is 0.355. The zero-order valence-corrected chi connectivity index (χ0v) is 23.5. The Morgan fingerprint density at radius 3 is 2.12 bits per heavy atom. The van der Waals surface area contributed by atoms with Crippen LogP contribution in [0.3, 0.4) is 0 Å². The molecule has 0 radical (unpaired) electrons. The maximum absolute atomic E-state index is 11.9. The van der Waals surface area contributed by atoms with E-state index in [1.165, 1.54) is 11.1 Å². The number of hydrogen-bond donors (Lipinski definition) is 1. The van der Waals surface area contributed by atoms with Crippen LogP contribution in [0.4, 0.5) is 4.79 Å². The lowest BCUT2D eigenvalue weighted by Gasteiger charge is -2.36. The Balaban J connectivity index is 1.15. The average Bonchev–Trinajstić information content (AvgIpc) is 3.42. The molecule has 0 atom stereocenters. The van der Waals surface area contributed by atoms with Gasteiger partial charge in [-0.25, -0.2) is 14.5 Å². The molecule has 2 heterocycles. The first-order valence-electron chi connectivity index (χ1n) is 13.4. The molecule has 1 aliphatic rings. The zero-order chi connectivity index (χ0) is 28.3. The molecule has 1 aliphatic carbocycles. The van der Waals surface area contributed by atoms with Crippen LogP contribution in [0.1, 0.15) is 58.6 Å². The second kappa shape index (κ2) is 11.0. The van der Waals surface area contributed by atoms with Crippen molar-refractivity contribution < 1.29 is 19.0 Å². The summed E-state index contributed by atoms with van der Waals surface area (Å²) >= 11 is 0. The Labute approximate surface area is 234 Å². The number of amides is 1. The molecular weight excluding hydrogens is 506 g/mol. The van der Waals surface area contributed by atoms with Gasteiger partial charge in [0.2, 0.25) is 0 Å². The second-order valence-electron chi connectivity index (χ2n) is 11.5. The van der Waals surface area contributed by atoms with E-state index in [0.717, 1.165) is 24.3 Å². The average molecular weight is 542 g/mol. The summed E-state index contributed by atoms with van der Waals surface area (Å²) in [5.41, 5.74) is 1.63. The first-order chi connectivity index (χ1) is 19.0. The van der Waals surface area contributed by atoms with Crippen molar-refractivity contribution in [1.29, 1.82) is 0 Å². The van der Waals surface area contributed by atoms with E-state index in [2.05, 4.69) is 58.7 Å². The molecule has 1 fully saturated rings. The molecular formula is C31H35N5O4. The largest absolute Gasteiger partial charge is 0.490 e. The monoisotopic (exact) mass is 541 g/mol. The van der Waals surface area contributed by atoms with Crippen LogP contribution in [0.2, 0.25) is 0 Å². The molecule has 5 rings (SSSR count). The van der Waals surface area contributed by atoms with Crippen molar-refractivity contribution >= 4 is 6.09 Å². The number of carbonyl (C=O) groups is 1. The van der Waals surface area contributed by atoms with Gasteiger partial charge in [-0.3, -0.25) is 0 Å². The maximum Gasteiger partial charge on any atom is 0.407 e. The number of nitrogens with one attached hydrogen (secondary N) is 1. The second-order valence-corrected chi connectivity index (χ2v) is 11.5. The molecule has 0 bridgehead atoms. The summed E-state index contributed by atoms with van der Waals surface area (Å²) in [7, 11) is 0. The van der Waals surface area contributed by atoms with E-state index >= 15 is 0 Å². The number of benzene rings is 2. The molecule has 2 aromatic carbocycles. The molecule has 0 aliphatic heterocycles. The zero-order valence-electron chi connectivity index (χ0n) is 23.5. The van der Waals surface area contributed by atoms with Crippen molar-refractivity contribution in [3.05, 3.63) is 90.4 Å². The van der Waals surface area contributed by atoms with E-state index in [1.54, 1.807) is 23.3 Å². The summed E-state index contributed by atoms with van der Waals surface area (Å²) < 4.78 is 19.1. The Morgan fingerprint density at radius 1 is 0.875 bits per heavy atom. The number of carbonyl (C=O) groups excluding carboxylic acids is 1. The smallest absolute Gasteiger partial charge is 0.407 e. The number of hydrogen-bond acceptors (Lipinski definition) is 7. The van der Waals surface area contributed by atoms with Crippen LogP contribution >= 0.6 is 0 Å². The highest BCUT2D eigenvalue weighted by Crippen LogP contribution is 2.35. The lowest BCUT2D eigenvalue weighted by molar-refractivity contribution is 0.0363. The fourth-order valence-corrected chi connectivity index (χ4v) is 4.56. The summed E-state index contributed by atoms with van der Waals surface area (Å²) in [5, 5.41) is 10.7. The molecule has 1 saturated carbocycles. The summed E-state index contributed by atoms with van der Waals surface area (Å²) in [4.78, 5) is 16.2. The predicted octanol–water partition coefficient (Wildman–Crippen LogP) is 6.22. The van der Waals surface area contributed by atoms with Crippen LogP contribution < -0.4 is 14.8 Å². The summed E-state index contributed by atoms with van der Waals surface area (Å²) in [6.07, 6.45) is 6.26. The Hall–Kier alpha value is -4.40. The van der Waals surface area contributed by atoms with E-state index in [1.807, 2.05) is 57.2 Å². The van der Waals surface area contributed by atoms with Gasteiger partial charge >= 0.3 is 6.09 Å². The summed E-state index contributed by atoms with van der Waals surface area (Å²) in [6, 6.07) is 20.1. The molecule has 208 valence electrons. The Morgan fingerprint density at radius 2 is 1.52 bits per heavy atom. The summed E-state index contributed by atoms with van der Waals surface area (Å²) in [6.45, 7) is 9.97.